The highest BCUT2D eigenvalue weighted by molar-refractivity contribution is 5.96. The number of carbonyl (C=O) groups excluding carboxylic acids is 5. The molecule has 1 saturated carbocycles. The maximum absolute atomic E-state index is 15.2. The number of piperazine rings is 1. The highest BCUT2D eigenvalue weighted by atomic mass is 19.4. The van der Waals surface area contributed by atoms with Gasteiger partial charge < -0.3 is 38.8 Å². The number of morpholine rings is 1. The summed E-state index contributed by atoms with van der Waals surface area (Å²) in [5.41, 5.74) is 7.15. The number of ether oxygens (including phenoxy) is 3. The fraction of sp³-hybridized carbons (Fsp3) is 0.613. The van der Waals surface area contributed by atoms with Gasteiger partial charge in [-0.15, -0.1) is 0 Å². The third kappa shape index (κ3) is 12.7. The first-order chi connectivity index (χ1) is 40.0. The van der Waals surface area contributed by atoms with Gasteiger partial charge in [-0.2, -0.15) is 13.2 Å². The minimum absolute atomic E-state index is 0.0427. The number of aromatic nitrogens is 2. The third-order valence-corrected chi connectivity index (χ3v) is 18.1. The van der Waals surface area contributed by atoms with E-state index in [4.69, 9.17) is 19.2 Å². The number of likely N-dealkylation sites (N-methyl/N-ethyl adjacent to an activating group) is 1. The van der Waals surface area contributed by atoms with Gasteiger partial charge in [0.2, 0.25) is 17.7 Å². The second-order valence-corrected chi connectivity index (χ2v) is 25.9. The molecule has 6 atom stereocenters. The molecular weight excluding hydrogens is 1080 g/mol. The Hall–Kier alpha value is -6.17. The summed E-state index contributed by atoms with van der Waals surface area (Å²) >= 11 is 0. The fourth-order valence-corrected chi connectivity index (χ4v) is 13.4. The lowest BCUT2D eigenvalue weighted by atomic mass is 9.84. The summed E-state index contributed by atoms with van der Waals surface area (Å²) in [4.78, 5) is 87.1. The van der Waals surface area contributed by atoms with Crippen LogP contribution in [0, 0.1) is 11.3 Å². The van der Waals surface area contributed by atoms with Crippen molar-refractivity contribution in [3.8, 4) is 22.4 Å². The number of hydrogen-bond donors (Lipinski definition) is 2. The Kier molecular flexibility index (Phi) is 16.7. The van der Waals surface area contributed by atoms with Crippen LogP contribution in [0.2, 0.25) is 0 Å². The molecule has 2 aromatic carbocycles. The monoisotopic (exact) mass is 1170 g/mol. The number of cyclic esters (lactones) is 1. The van der Waals surface area contributed by atoms with E-state index >= 15 is 18.0 Å². The lowest BCUT2D eigenvalue weighted by Gasteiger charge is -2.55. The number of hydrazine groups is 1. The zero-order valence-corrected chi connectivity index (χ0v) is 49.8. The smallest absolute Gasteiger partial charge is 0.406 e. The molecule has 4 amide bonds. The SMILES string of the molecule is CO[C@@H](C)c1ncc(N2CCN(C3CC3)CC2)cc1-c1c2c3cc(ccc3n1CC(F)(F)F)-c1cccc(c1)C[C@H](NC(=O)C(C(C)C)N1CCOC3(CN(C(=O)[C@H]4CN4CC(=O)N(C)C)C3)C1)C(=O)N1CCC[C@H](N1)C(=O)OCC(C)(C)C2. The van der Waals surface area contributed by atoms with E-state index in [-0.39, 0.29) is 62.2 Å². The van der Waals surface area contributed by atoms with Gasteiger partial charge in [0.1, 0.15) is 30.3 Å². The third-order valence-electron chi connectivity index (χ3n) is 18.1. The molecule has 8 heterocycles. The van der Waals surface area contributed by atoms with Crippen molar-refractivity contribution in [3.63, 3.8) is 0 Å². The maximum Gasteiger partial charge on any atom is 0.406 e. The van der Waals surface area contributed by atoms with Gasteiger partial charge in [-0.3, -0.25) is 48.7 Å². The van der Waals surface area contributed by atoms with Crippen LogP contribution >= 0.6 is 0 Å². The van der Waals surface area contributed by atoms with Gasteiger partial charge in [-0.25, -0.2) is 5.43 Å². The largest absolute Gasteiger partial charge is 0.464 e. The summed E-state index contributed by atoms with van der Waals surface area (Å²) in [6.45, 7) is 14.4. The van der Waals surface area contributed by atoms with Gasteiger partial charge in [0.05, 0.1) is 68.3 Å². The van der Waals surface area contributed by atoms with Crippen molar-refractivity contribution in [2.75, 3.05) is 111 Å². The van der Waals surface area contributed by atoms with Crippen molar-refractivity contribution >= 4 is 46.2 Å². The number of amides is 4. The van der Waals surface area contributed by atoms with Gasteiger partial charge in [-0.1, -0.05) is 58.0 Å². The van der Waals surface area contributed by atoms with Crippen molar-refractivity contribution in [1.29, 1.82) is 0 Å². The number of benzene rings is 2. The van der Waals surface area contributed by atoms with Gasteiger partial charge in [0.25, 0.3) is 5.91 Å². The predicted molar refractivity (Wildman–Crippen MR) is 310 cm³/mol. The molecule has 19 nitrogen and oxygen atoms in total. The van der Waals surface area contributed by atoms with Crippen LogP contribution in [0.5, 0.6) is 0 Å². The molecule has 0 radical (unpaired) electrons. The van der Waals surface area contributed by atoms with Crippen LogP contribution in [0.4, 0.5) is 18.9 Å². The summed E-state index contributed by atoms with van der Waals surface area (Å²) < 4.78 is 65.5. The van der Waals surface area contributed by atoms with Crippen LogP contribution in [0.1, 0.15) is 83.2 Å². The van der Waals surface area contributed by atoms with E-state index in [1.165, 1.54) is 27.3 Å². The van der Waals surface area contributed by atoms with Crippen molar-refractivity contribution < 1.29 is 51.4 Å². The predicted octanol–water partition coefficient (Wildman–Crippen LogP) is 5.28. The average Bonchev–Trinajstić information content (AvgIpc) is 2.31. The number of nitrogens with one attached hydrogen (secondary N) is 2. The Morgan fingerprint density at radius 2 is 1.69 bits per heavy atom. The number of likely N-dealkylation sites (tertiary alicyclic amines) is 1. The maximum atomic E-state index is 15.2. The molecule has 2 N–H and O–H groups in total. The number of alkyl halides is 3. The Balaban J connectivity index is 0.926. The molecule has 84 heavy (non-hydrogen) atoms. The van der Waals surface area contributed by atoms with E-state index in [0.717, 1.165) is 48.6 Å². The molecule has 2 unspecified atom stereocenters. The minimum atomic E-state index is -4.61. The lowest BCUT2D eigenvalue weighted by molar-refractivity contribution is -0.197. The van der Waals surface area contributed by atoms with Crippen molar-refractivity contribution in [3.05, 3.63) is 71.5 Å². The second-order valence-electron chi connectivity index (χ2n) is 25.9. The molecule has 4 aromatic rings. The van der Waals surface area contributed by atoms with E-state index in [0.29, 0.717) is 91.6 Å². The quantitative estimate of drug-likeness (QED) is 0.131. The summed E-state index contributed by atoms with van der Waals surface area (Å²) in [7, 11) is 4.95. The number of nitrogens with zero attached hydrogens (tertiary/aromatic N) is 9. The first-order valence-electron chi connectivity index (χ1n) is 30.0. The molecule has 1 aliphatic carbocycles. The summed E-state index contributed by atoms with van der Waals surface area (Å²) in [6.07, 6.45) is 0.182. The average molecular weight is 1170 g/mol. The van der Waals surface area contributed by atoms with E-state index < -0.39 is 59.8 Å². The van der Waals surface area contributed by atoms with E-state index in [1.54, 1.807) is 32.2 Å². The molecule has 5 saturated heterocycles. The number of hydrogen-bond acceptors (Lipinski definition) is 14. The highest BCUT2D eigenvalue weighted by Gasteiger charge is 2.55. The highest BCUT2D eigenvalue weighted by Crippen LogP contribution is 2.45. The fourth-order valence-electron chi connectivity index (χ4n) is 13.4. The Labute approximate surface area is 490 Å². The van der Waals surface area contributed by atoms with Crippen molar-refractivity contribution in [1.82, 2.24) is 49.8 Å². The molecule has 454 valence electrons. The Morgan fingerprint density at radius 3 is 2.39 bits per heavy atom. The van der Waals surface area contributed by atoms with Gasteiger partial charge >= 0.3 is 12.1 Å². The zero-order chi connectivity index (χ0) is 59.6. The van der Waals surface area contributed by atoms with Crippen LogP contribution in [0.3, 0.4) is 0 Å². The van der Waals surface area contributed by atoms with Crippen LogP contribution in [-0.4, -0.2) is 217 Å². The number of anilines is 1. The zero-order valence-electron chi connectivity index (χ0n) is 49.8. The normalized spacial score (nSPS) is 24.8. The first-order valence-corrected chi connectivity index (χ1v) is 30.0. The minimum Gasteiger partial charge on any atom is -0.464 e. The molecule has 11 rings (SSSR count). The summed E-state index contributed by atoms with van der Waals surface area (Å²) in [6, 6.07) is 12.8. The summed E-state index contributed by atoms with van der Waals surface area (Å²) in [5, 5.41) is 5.20. The number of halogens is 3. The number of pyridine rings is 1. The summed E-state index contributed by atoms with van der Waals surface area (Å²) in [5.74, 6) is -1.65. The molecule has 1 spiro atoms. The molecule has 6 aliphatic heterocycles. The first kappa shape index (κ1) is 59.6. The van der Waals surface area contributed by atoms with Gasteiger partial charge in [-0.05, 0) is 85.4 Å². The number of carbonyl (C=O) groups is 5. The number of fused-ring (bicyclic) bond motifs is 6. The van der Waals surface area contributed by atoms with Crippen molar-refractivity contribution in [2.24, 2.45) is 11.3 Å². The molecule has 6 fully saturated rings. The molecular formula is C62H82F3N11O8. The number of methoxy groups -OCH3 is 1. The molecule has 22 heteroatoms. The van der Waals surface area contributed by atoms with Crippen LogP contribution in [0.25, 0.3) is 33.3 Å². The van der Waals surface area contributed by atoms with Gasteiger partial charge in [0, 0.05) is 108 Å². The second kappa shape index (κ2) is 23.6. The van der Waals surface area contributed by atoms with E-state index in [9.17, 15) is 19.2 Å². The van der Waals surface area contributed by atoms with Crippen molar-refractivity contribution in [2.45, 2.75) is 128 Å². The molecule has 2 aromatic heterocycles. The number of esters is 1. The Bertz CT molecular complexity index is 3150. The standard InChI is InChI=1S/C62H82F3N11O8/c1-38(2)54(72-23-24-84-61(33-72)34-74(35-61)58(80)51-31-73(51)32-52(77)69(6)7)56(78)67-49-26-40-11-9-12-41(25-40)42-14-17-50-45(27-42)47(29-60(4,5)37-83-59(81)48-13-10-18-76(68-48)57(49)79)55(75(50)36-62(63,64)65)46-28-44(30-66-53(46)39(3)82-8)71-21-19-70(20-22-71)43-15-16-43/h9,11-12,14,17,25,27-28,30,38-39,43,48-49,51,54,68H,10,13,15-16,18-24,26,29,31-37H2,1-8H3,(H,67,78)/t39-,48-,49-,51+,54?,73?/m0/s1. The van der Waals surface area contributed by atoms with Crippen LogP contribution in [0.15, 0.2) is 54.7 Å². The van der Waals surface area contributed by atoms with Crippen LogP contribution < -0.4 is 15.6 Å². The van der Waals surface area contributed by atoms with E-state index in [1.807, 2.05) is 88.2 Å². The Morgan fingerprint density at radius 1 is 0.940 bits per heavy atom. The van der Waals surface area contributed by atoms with Gasteiger partial charge in [0.15, 0.2) is 0 Å². The lowest BCUT2D eigenvalue weighted by Crippen LogP contribution is -2.73. The molecule has 6 bridgehead atoms. The molecule has 7 aliphatic rings. The number of rotatable bonds is 13. The van der Waals surface area contributed by atoms with E-state index in [2.05, 4.69) is 25.4 Å². The topological polar surface area (TPSA) is 177 Å². The van der Waals surface area contributed by atoms with Crippen LogP contribution in [-0.2, 0) is 57.6 Å².